The highest BCUT2D eigenvalue weighted by Gasteiger charge is 2.06. The molecule has 0 bridgehead atoms. The van der Waals surface area contributed by atoms with Crippen molar-refractivity contribution in [2.75, 3.05) is 12.4 Å². The number of hydrogen-bond donors (Lipinski definition) is 1. The molecule has 60 valence electrons. The lowest BCUT2D eigenvalue weighted by atomic mass is 10.2. The lowest BCUT2D eigenvalue weighted by Gasteiger charge is -2.05. The molecule has 1 nitrogen and oxygen atoms in total. The van der Waals surface area contributed by atoms with Crippen LogP contribution < -0.4 is 5.32 Å². The number of aryl methyl sites for hydroxylation is 1. The smallest absolute Gasteiger partial charge is 0.146 e. The van der Waals surface area contributed by atoms with Crippen molar-refractivity contribution in [1.29, 1.82) is 0 Å². The minimum Gasteiger partial charge on any atom is -0.387 e. The fourth-order valence-corrected chi connectivity index (χ4v) is 1.15. The van der Waals surface area contributed by atoms with Crippen molar-refractivity contribution in [3.63, 3.8) is 0 Å². The average molecular weight is 174 g/mol. The van der Waals surface area contributed by atoms with E-state index in [2.05, 4.69) is 5.32 Å². The van der Waals surface area contributed by atoms with E-state index in [1.807, 2.05) is 0 Å². The van der Waals surface area contributed by atoms with Crippen molar-refractivity contribution in [1.82, 2.24) is 0 Å². The van der Waals surface area contributed by atoms with E-state index in [9.17, 15) is 4.39 Å². The van der Waals surface area contributed by atoms with Gasteiger partial charge in [0.25, 0.3) is 0 Å². The maximum atomic E-state index is 13.0. The Labute approximate surface area is 70.2 Å². The molecule has 1 N–H and O–H groups in total. The van der Waals surface area contributed by atoms with E-state index in [0.29, 0.717) is 11.3 Å². The first-order valence-electron chi connectivity index (χ1n) is 3.29. The highest BCUT2D eigenvalue weighted by molar-refractivity contribution is 6.33. The quantitative estimate of drug-likeness (QED) is 0.689. The molecular formula is C8H9ClFN. The summed E-state index contributed by atoms with van der Waals surface area (Å²) in [6, 6.07) is 3.44. The molecule has 0 aliphatic rings. The molecule has 1 rings (SSSR count). The van der Waals surface area contributed by atoms with Gasteiger partial charge >= 0.3 is 0 Å². The maximum Gasteiger partial charge on any atom is 0.146 e. The molecule has 0 radical (unpaired) electrons. The zero-order valence-corrected chi connectivity index (χ0v) is 7.17. The van der Waals surface area contributed by atoms with Gasteiger partial charge in [-0.05, 0) is 18.6 Å². The lowest BCUT2D eigenvalue weighted by Crippen LogP contribution is -1.92. The van der Waals surface area contributed by atoms with E-state index in [-0.39, 0.29) is 10.8 Å². The van der Waals surface area contributed by atoms with Crippen LogP contribution in [-0.4, -0.2) is 7.05 Å². The third-order valence-electron chi connectivity index (χ3n) is 1.54. The third kappa shape index (κ3) is 1.46. The average Bonchev–Trinajstić information content (AvgIpc) is 2.01. The van der Waals surface area contributed by atoms with Crippen LogP contribution >= 0.6 is 11.6 Å². The van der Waals surface area contributed by atoms with Crippen LogP contribution in [0.4, 0.5) is 10.1 Å². The Balaban J connectivity index is 3.25. The van der Waals surface area contributed by atoms with E-state index in [4.69, 9.17) is 11.6 Å². The Kier molecular flexibility index (Phi) is 2.35. The topological polar surface area (TPSA) is 12.0 Å². The Morgan fingerprint density at radius 2 is 2.09 bits per heavy atom. The number of anilines is 1. The fraction of sp³-hybridized carbons (Fsp3) is 0.250. The zero-order valence-electron chi connectivity index (χ0n) is 6.41. The number of nitrogens with one attached hydrogen (secondary N) is 1. The van der Waals surface area contributed by atoms with Crippen LogP contribution in [0.2, 0.25) is 5.02 Å². The van der Waals surface area contributed by atoms with Crippen molar-refractivity contribution in [2.24, 2.45) is 0 Å². The molecule has 0 aliphatic heterocycles. The highest BCUT2D eigenvalue weighted by atomic mass is 35.5. The fourth-order valence-electron chi connectivity index (χ4n) is 0.839. The summed E-state index contributed by atoms with van der Waals surface area (Å²) in [7, 11) is 1.70. The van der Waals surface area contributed by atoms with E-state index >= 15 is 0 Å². The van der Waals surface area contributed by atoms with Gasteiger partial charge in [-0.25, -0.2) is 4.39 Å². The molecule has 3 heteroatoms. The minimum atomic E-state index is -0.349. The Morgan fingerprint density at radius 1 is 1.45 bits per heavy atom. The number of hydrogen-bond acceptors (Lipinski definition) is 1. The molecule has 1 aromatic rings. The van der Waals surface area contributed by atoms with Crippen LogP contribution in [0.15, 0.2) is 12.1 Å². The summed E-state index contributed by atoms with van der Waals surface area (Å²) >= 11 is 5.66. The van der Waals surface area contributed by atoms with Gasteiger partial charge in [0.1, 0.15) is 5.82 Å². The van der Waals surface area contributed by atoms with Gasteiger partial charge in [-0.3, -0.25) is 0 Å². The van der Waals surface area contributed by atoms with Crippen LogP contribution in [0.5, 0.6) is 0 Å². The molecule has 0 atom stereocenters. The second kappa shape index (κ2) is 3.09. The van der Waals surface area contributed by atoms with Crippen molar-refractivity contribution < 1.29 is 4.39 Å². The standard InChI is InChI=1S/C8H9ClFN/c1-5-3-4-6(11-2)7(9)8(5)10/h3-4,11H,1-2H3. The van der Waals surface area contributed by atoms with E-state index in [0.717, 1.165) is 0 Å². The molecule has 0 spiro atoms. The predicted molar refractivity (Wildman–Crippen MR) is 45.7 cm³/mol. The Bertz CT molecular complexity index is 273. The minimum absolute atomic E-state index is 0.160. The van der Waals surface area contributed by atoms with Crippen molar-refractivity contribution in [2.45, 2.75) is 6.92 Å². The van der Waals surface area contributed by atoms with Gasteiger partial charge in [-0.2, -0.15) is 0 Å². The van der Waals surface area contributed by atoms with Crippen LogP contribution in [0.25, 0.3) is 0 Å². The summed E-state index contributed by atoms with van der Waals surface area (Å²) < 4.78 is 13.0. The van der Waals surface area contributed by atoms with Gasteiger partial charge in [0, 0.05) is 7.05 Å². The summed E-state index contributed by atoms with van der Waals surface area (Å²) in [6.45, 7) is 1.68. The number of halogens is 2. The first-order valence-corrected chi connectivity index (χ1v) is 3.67. The first kappa shape index (κ1) is 8.34. The Morgan fingerprint density at radius 3 is 2.64 bits per heavy atom. The van der Waals surface area contributed by atoms with Crippen LogP contribution in [0.1, 0.15) is 5.56 Å². The number of benzene rings is 1. The van der Waals surface area contributed by atoms with Crippen LogP contribution in [0.3, 0.4) is 0 Å². The predicted octanol–water partition coefficient (Wildman–Crippen LogP) is 2.83. The van der Waals surface area contributed by atoms with Gasteiger partial charge in [-0.1, -0.05) is 17.7 Å². The number of rotatable bonds is 1. The van der Waals surface area contributed by atoms with Crippen LogP contribution in [-0.2, 0) is 0 Å². The van der Waals surface area contributed by atoms with E-state index in [1.165, 1.54) is 0 Å². The molecule has 11 heavy (non-hydrogen) atoms. The summed E-state index contributed by atoms with van der Waals surface area (Å²) in [5.74, 6) is -0.349. The molecule has 0 unspecified atom stereocenters. The molecule has 0 fully saturated rings. The molecule has 0 aliphatic carbocycles. The van der Waals surface area contributed by atoms with Crippen LogP contribution in [0, 0.1) is 12.7 Å². The van der Waals surface area contributed by atoms with E-state index < -0.39 is 0 Å². The molecule has 0 aromatic heterocycles. The van der Waals surface area contributed by atoms with Gasteiger partial charge in [0.05, 0.1) is 10.7 Å². The molecule has 0 heterocycles. The lowest BCUT2D eigenvalue weighted by molar-refractivity contribution is 0.619. The maximum absolute atomic E-state index is 13.0. The highest BCUT2D eigenvalue weighted by Crippen LogP contribution is 2.26. The molecule has 0 amide bonds. The molecule has 0 saturated carbocycles. The summed E-state index contributed by atoms with van der Waals surface area (Å²) in [4.78, 5) is 0. The normalized spacial score (nSPS) is 9.82. The van der Waals surface area contributed by atoms with Crippen molar-refractivity contribution in [3.05, 3.63) is 28.5 Å². The van der Waals surface area contributed by atoms with Gasteiger partial charge < -0.3 is 5.32 Å². The monoisotopic (exact) mass is 173 g/mol. The SMILES string of the molecule is CNc1ccc(C)c(F)c1Cl. The largest absolute Gasteiger partial charge is 0.387 e. The molecule has 0 saturated heterocycles. The molecular weight excluding hydrogens is 165 g/mol. The second-order valence-electron chi connectivity index (χ2n) is 2.31. The van der Waals surface area contributed by atoms with Crippen molar-refractivity contribution in [3.8, 4) is 0 Å². The zero-order chi connectivity index (χ0) is 8.43. The summed E-state index contributed by atoms with van der Waals surface area (Å²) in [5, 5.41) is 2.95. The third-order valence-corrected chi connectivity index (χ3v) is 1.91. The Hall–Kier alpha value is -0.760. The first-order chi connectivity index (χ1) is 5.16. The van der Waals surface area contributed by atoms with Gasteiger partial charge in [-0.15, -0.1) is 0 Å². The summed E-state index contributed by atoms with van der Waals surface area (Å²) in [5.41, 5.74) is 1.18. The van der Waals surface area contributed by atoms with Crippen molar-refractivity contribution >= 4 is 17.3 Å². The van der Waals surface area contributed by atoms with Gasteiger partial charge in [0.2, 0.25) is 0 Å². The molecule has 1 aromatic carbocycles. The summed E-state index contributed by atoms with van der Waals surface area (Å²) in [6.07, 6.45) is 0. The van der Waals surface area contributed by atoms with Gasteiger partial charge in [0.15, 0.2) is 0 Å². The second-order valence-corrected chi connectivity index (χ2v) is 2.69. The van der Waals surface area contributed by atoms with E-state index in [1.54, 1.807) is 26.1 Å².